The van der Waals surface area contributed by atoms with E-state index in [0.717, 1.165) is 51.4 Å². The third-order valence-electron chi connectivity index (χ3n) is 3.21. The zero-order valence-electron chi connectivity index (χ0n) is 11.7. The maximum Gasteiger partial charge on any atom is 0.244 e. The number of allylic oxidation sites excluding steroid dienone is 3. The van der Waals surface area contributed by atoms with Gasteiger partial charge in [0, 0.05) is 25.7 Å². The molecule has 0 bridgehead atoms. The molecular weight excluding hydrogens is 256 g/mol. The van der Waals surface area contributed by atoms with Gasteiger partial charge < -0.3 is 14.8 Å². The normalized spacial score (nSPS) is 19.7. The van der Waals surface area contributed by atoms with Crippen molar-refractivity contribution in [3.8, 4) is 0 Å². The van der Waals surface area contributed by atoms with E-state index < -0.39 is 0 Å². The molecule has 110 valence electrons. The summed E-state index contributed by atoms with van der Waals surface area (Å²) in [6, 6.07) is 0. The number of nitrogens with zero attached hydrogens (tertiary/aromatic N) is 1. The van der Waals surface area contributed by atoms with Crippen molar-refractivity contribution in [1.82, 2.24) is 10.2 Å². The van der Waals surface area contributed by atoms with Gasteiger partial charge in [-0.05, 0) is 37.6 Å². The lowest BCUT2D eigenvalue weighted by atomic mass is 10.3. The predicted molar refractivity (Wildman–Crippen MR) is 77.0 cm³/mol. The third-order valence-corrected chi connectivity index (χ3v) is 3.21. The number of hydrogen-bond donors (Lipinski definition) is 1. The van der Waals surface area contributed by atoms with E-state index in [1.54, 1.807) is 12.3 Å². The van der Waals surface area contributed by atoms with Gasteiger partial charge in [-0.15, -0.1) is 0 Å². The van der Waals surface area contributed by atoms with E-state index in [9.17, 15) is 4.79 Å². The molecule has 5 heteroatoms. The van der Waals surface area contributed by atoms with Crippen molar-refractivity contribution in [2.75, 3.05) is 39.4 Å². The average Bonchev–Trinajstić information content (AvgIpc) is 2.52. The zero-order chi connectivity index (χ0) is 14.0. The molecule has 0 atom stereocenters. The average molecular weight is 278 g/mol. The fourth-order valence-electron chi connectivity index (χ4n) is 2.08. The smallest absolute Gasteiger partial charge is 0.244 e. The van der Waals surface area contributed by atoms with Crippen molar-refractivity contribution >= 4 is 5.91 Å². The topological polar surface area (TPSA) is 50.8 Å². The second-order valence-corrected chi connectivity index (χ2v) is 4.76. The number of carbonyl (C=O) groups excluding carboxylic acids is 1. The van der Waals surface area contributed by atoms with Gasteiger partial charge in [-0.2, -0.15) is 0 Å². The second kappa shape index (κ2) is 8.55. The van der Waals surface area contributed by atoms with E-state index in [1.807, 2.05) is 12.2 Å². The predicted octanol–water partition coefficient (Wildman–Crippen LogP) is 1.20. The molecule has 1 fully saturated rings. The first-order chi connectivity index (χ1) is 9.84. The van der Waals surface area contributed by atoms with Crippen LogP contribution in [0.25, 0.3) is 0 Å². The van der Waals surface area contributed by atoms with Crippen LogP contribution in [0.4, 0.5) is 0 Å². The highest BCUT2D eigenvalue weighted by molar-refractivity contribution is 5.87. The molecule has 1 N–H and O–H groups in total. The van der Waals surface area contributed by atoms with Gasteiger partial charge in [-0.1, -0.05) is 0 Å². The van der Waals surface area contributed by atoms with Crippen LogP contribution in [-0.4, -0.2) is 50.2 Å². The number of rotatable bonds is 6. The Kier molecular flexibility index (Phi) is 6.34. The quantitative estimate of drug-likeness (QED) is 0.586. The Morgan fingerprint density at radius 1 is 1.40 bits per heavy atom. The number of ether oxygens (including phenoxy) is 2. The van der Waals surface area contributed by atoms with Crippen LogP contribution in [0.3, 0.4) is 0 Å². The monoisotopic (exact) mass is 278 g/mol. The molecule has 0 spiro atoms. The van der Waals surface area contributed by atoms with Gasteiger partial charge in [-0.3, -0.25) is 9.69 Å². The number of carbonyl (C=O) groups is 1. The summed E-state index contributed by atoms with van der Waals surface area (Å²) in [4.78, 5) is 14.0. The first-order valence-corrected chi connectivity index (χ1v) is 7.12. The number of hydrogen-bond acceptors (Lipinski definition) is 4. The molecule has 2 aliphatic heterocycles. The Morgan fingerprint density at radius 3 is 3.00 bits per heavy atom. The van der Waals surface area contributed by atoms with Crippen molar-refractivity contribution < 1.29 is 14.3 Å². The second-order valence-electron chi connectivity index (χ2n) is 4.76. The van der Waals surface area contributed by atoms with E-state index in [-0.39, 0.29) is 5.91 Å². The lowest BCUT2D eigenvalue weighted by Crippen LogP contribution is -2.38. The minimum absolute atomic E-state index is 0.0777. The molecule has 0 aromatic heterocycles. The minimum atomic E-state index is -0.0777. The summed E-state index contributed by atoms with van der Waals surface area (Å²) in [5.41, 5.74) is 0. The minimum Gasteiger partial charge on any atom is -0.466 e. The largest absolute Gasteiger partial charge is 0.466 e. The van der Waals surface area contributed by atoms with Gasteiger partial charge in [-0.25, -0.2) is 0 Å². The third kappa shape index (κ3) is 5.59. The first-order valence-electron chi connectivity index (χ1n) is 7.12. The Morgan fingerprint density at radius 2 is 2.25 bits per heavy atom. The van der Waals surface area contributed by atoms with Crippen LogP contribution in [0.5, 0.6) is 0 Å². The summed E-state index contributed by atoms with van der Waals surface area (Å²) in [7, 11) is 0. The molecule has 0 aromatic rings. The van der Waals surface area contributed by atoms with Crippen molar-refractivity contribution in [2.45, 2.75) is 12.8 Å². The van der Waals surface area contributed by atoms with E-state index in [0.29, 0.717) is 6.54 Å². The molecule has 0 aliphatic carbocycles. The molecule has 20 heavy (non-hydrogen) atoms. The van der Waals surface area contributed by atoms with Gasteiger partial charge in [0.15, 0.2) is 0 Å². The van der Waals surface area contributed by atoms with Gasteiger partial charge in [0.25, 0.3) is 0 Å². The summed E-state index contributed by atoms with van der Waals surface area (Å²) in [6.45, 7) is 5.32. The van der Waals surface area contributed by atoms with Gasteiger partial charge in [0.05, 0.1) is 19.5 Å². The Hall–Kier alpha value is -1.59. The highest BCUT2D eigenvalue weighted by Gasteiger charge is 2.09. The molecule has 0 unspecified atom stereocenters. The fraction of sp³-hybridized carbons (Fsp3) is 0.533. The highest BCUT2D eigenvalue weighted by Crippen LogP contribution is 2.08. The van der Waals surface area contributed by atoms with Crippen molar-refractivity contribution in [3.05, 3.63) is 36.3 Å². The first kappa shape index (κ1) is 14.8. The summed E-state index contributed by atoms with van der Waals surface area (Å²) in [5.74, 6) is 0.641. The SMILES string of the molecule is O=C(/C=C/C1=CCC=CO1)NCCCN1CCOCC1. The lowest BCUT2D eigenvalue weighted by Gasteiger charge is -2.26. The summed E-state index contributed by atoms with van der Waals surface area (Å²) in [5, 5.41) is 2.88. The Labute approximate surface area is 119 Å². The molecule has 2 aliphatic rings. The van der Waals surface area contributed by atoms with Crippen LogP contribution in [0, 0.1) is 0 Å². The van der Waals surface area contributed by atoms with Crippen LogP contribution in [-0.2, 0) is 14.3 Å². The molecule has 0 radical (unpaired) electrons. The number of amides is 1. The van der Waals surface area contributed by atoms with E-state index in [2.05, 4.69) is 10.2 Å². The van der Waals surface area contributed by atoms with Crippen LogP contribution in [0.2, 0.25) is 0 Å². The van der Waals surface area contributed by atoms with E-state index >= 15 is 0 Å². The molecule has 2 heterocycles. The van der Waals surface area contributed by atoms with Crippen LogP contribution in [0.1, 0.15) is 12.8 Å². The number of morpholine rings is 1. The standard InChI is InChI=1S/C15H22N2O3/c18-15(6-5-14-4-1-2-11-20-14)16-7-3-8-17-9-12-19-13-10-17/h2,4-6,11H,1,3,7-10,12-13H2,(H,16,18)/b6-5+. The van der Waals surface area contributed by atoms with Crippen LogP contribution >= 0.6 is 0 Å². The summed E-state index contributed by atoms with van der Waals surface area (Å²) < 4.78 is 10.5. The van der Waals surface area contributed by atoms with Crippen LogP contribution in [0.15, 0.2) is 36.3 Å². The summed E-state index contributed by atoms with van der Waals surface area (Å²) >= 11 is 0. The summed E-state index contributed by atoms with van der Waals surface area (Å²) in [6.07, 6.45) is 10.5. The lowest BCUT2D eigenvalue weighted by molar-refractivity contribution is -0.116. The molecule has 1 amide bonds. The molecule has 2 rings (SSSR count). The Bertz CT molecular complexity index is 396. The Balaban J connectivity index is 1.55. The molecule has 0 saturated carbocycles. The number of nitrogens with one attached hydrogen (secondary N) is 1. The van der Waals surface area contributed by atoms with Gasteiger partial charge in [0.1, 0.15) is 5.76 Å². The van der Waals surface area contributed by atoms with Crippen molar-refractivity contribution in [3.63, 3.8) is 0 Å². The van der Waals surface area contributed by atoms with Gasteiger partial charge in [0.2, 0.25) is 5.91 Å². The fourth-order valence-corrected chi connectivity index (χ4v) is 2.08. The highest BCUT2D eigenvalue weighted by atomic mass is 16.5. The van der Waals surface area contributed by atoms with Crippen molar-refractivity contribution in [2.24, 2.45) is 0 Å². The maximum atomic E-state index is 11.6. The molecular formula is C15H22N2O3. The van der Waals surface area contributed by atoms with Crippen LogP contribution < -0.4 is 5.32 Å². The van der Waals surface area contributed by atoms with Crippen molar-refractivity contribution in [1.29, 1.82) is 0 Å². The molecule has 0 aromatic carbocycles. The molecule has 1 saturated heterocycles. The zero-order valence-corrected chi connectivity index (χ0v) is 11.7. The van der Waals surface area contributed by atoms with Gasteiger partial charge >= 0.3 is 0 Å². The van der Waals surface area contributed by atoms with E-state index in [4.69, 9.17) is 9.47 Å². The maximum absolute atomic E-state index is 11.6. The van der Waals surface area contributed by atoms with E-state index in [1.165, 1.54) is 6.08 Å². The molecule has 5 nitrogen and oxygen atoms in total.